The maximum absolute atomic E-state index is 12.1. The maximum Gasteiger partial charge on any atom is 0.264 e. The molecule has 0 atom stereocenters. The molecule has 2 heterocycles. The Hall–Kier alpha value is -1.40. The molecule has 0 spiro atoms. The Labute approximate surface area is 117 Å². The summed E-state index contributed by atoms with van der Waals surface area (Å²) in [5.74, 6) is 0.160. The van der Waals surface area contributed by atoms with Crippen LogP contribution >= 0.6 is 11.3 Å². The Kier molecular flexibility index (Phi) is 4.93. The Morgan fingerprint density at radius 2 is 2.05 bits per heavy atom. The van der Waals surface area contributed by atoms with Crippen molar-refractivity contribution in [2.24, 2.45) is 0 Å². The van der Waals surface area contributed by atoms with Crippen LogP contribution in [0.3, 0.4) is 0 Å². The van der Waals surface area contributed by atoms with Crippen molar-refractivity contribution >= 4 is 23.2 Å². The number of rotatable bonds is 4. The summed E-state index contributed by atoms with van der Waals surface area (Å²) in [6, 6.07) is 3.75. The number of amides is 2. The van der Waals surface area contributed by atoms with E-state index >= 15 is 0 Å². The van der Waals surface area contributed by atoms with Crippen molar-refractivity contribution in [3.05, 3.63) is 22.4 Å². The lowest BCUT2D eigenvalue weighted by molar-refractivity contribution is -0.122. The van der Waals surface area contributed by atoms with E-state index in [-0.39, 0.29) is 11.8 Å². The molecular formula is C13H19N3O2S. The van der Waals surface area contributed by atoms with Crippen molar-refractivity contribution in [1.29, 1.82) is 0 Å². The van der Waals surface area contributed by atoms with Gasteiger partial charge in [0.25, 0.3) is 5.91 Å². The lowest BCUT2D eigenvalue weighted by Crippen LogP contribution is -2.51. The second kappa shape index (κ2) is 6.68. The van der Waals surface area contributed by atoms with Gasteiger partial charge in [0.2, 0.25) is 5.91 Å². The zero-order chi connectivity index (χ0) is 13.7. The lowest BCUT2D eigenvalue weighted by Gasteiger charge is -2.34. The van der Waals surface area contributed by atoms with E-state index in [1.165, 1.54) is 11.3 Å². The Balaban J connectivity index is 1.79. The van der Waals surface area contributed by atoms with Crippen LogP contribution in [0.15, 0.2) is 17.5 Å². The number of carbonyl (C=O) groups is 2. The van der Waals surface area contributed by atoms with E-state index in [9.17, 15) is 9.59 Å². The molecule has 1 aromatic rings. The number of piperazine rings is 1. The van der Waals surface area contributed by atoms with E-state index in [4.69, 9.17) is 0 Å². The topological polar surface area (TPSA) is 52.7 Å². The van der Waals surface area contributed by atoms with Gasteiger partial charge in [-0.2, -0.15) is 0 Å². The standard InChI is InChI=1S/C13H19N3O2S/c1-2-14-12(17)10-15-5-7-16(8-6-15)13(18)11-4-3-9-19-11/h3-4,9H,2,5-8,10H2,1H3,(H,14,17). The van der Waals surface area contributed by atoms with Crippen LogP contribution in [0, 0.1) is 0 Å². The van der Waals surface area contributed by atoms with E-state index in [0.29, 0.717) is 26.2 Å². The molecular weight excluding hydrogens is 262 g/mol. The van der Waals surface area contributed by atoms with Gasteiger partial charge < -0.3 is 10.2 Å². The van der Waals surface area contributed by atoms with Gasteiger partial charge in [-0.1, -0.05) is 6.07 Å². The monoisotopic (exact) mass is 281 g/mol. The minimum absolute atomic E-state index is 0.0560. The number of nitrogens with one attached hydrogen (secondary N) is 1. The number of nitrogens with zero attached hydrogens (tertiary/aromatic N) is 2. The van der Waals surface area contributed by atoms with Gasteiger partial charge >= 0.3 is 0 Å². The molecule has 2 rings (SSSR count). The highest BCUT2D eigenvalue weighted by atomic mass is 32.1. The Morgan fingerprint density at radius 1 is 1.32 bits per heavy atom. The summed E-state index contributed by atoms with van der Waals surface area (Å²) < 4.78 is 0. The fourth-order valence-corrected chi connectivity index (χ4v) is 2.81. The first kappa shape index (κ1) is 14.0. The molecule has 0 radical (unpaired) electrons. The number of thiophene rings is 1. The fourth-order valence-electron chi connectivity index (χ4n) is 2.12. The van der Waals surface area contributed by atoms with Crippen molar-refractivity contribution in [2.75, 3.05) is 39.3 Å². The molecule has 5 nitrogen and oxygen atoms in total. The summed E-state index contributed by atoms with van der Waals surface area (Å²) in [6.07, 6.45) is 0. The van der Waals surface area contributed by atoms with Gasteiger partial charge in [-0.15, -0.1) is 11.3 Å². The third-order valence-electron chi connectivity index (χ3n) is 3.13. The van der Waals surface area contributed by atoms with Crippen LogP contribution in [0.4, 0.5) is 0 Å². The van der Waals surface area contributed by atoms with Crippen LogP contribution < -0.4 is 5.32 Å². The molecule has 0 aromatic carbocycles. The van der Waals surface area contributed by atoms with Crippen LogP contribution in [0.25, 0.3) is 0 Å². The third kappa shape index (κ3) is 3.78. The SMILES string of the molecule is CCNC(=O)CN1CCN(C(=O)c2cccs2)CC1. The van der Waals surface area contributed by atoms with Gasteiger partial charge in [0.1, 0.15) is 0 Å². The highest BCUT2D eigenvalue weighted by Gasteiger charge is 2.23. The molecule has 2 amide bonds. The normalized spacial score (nSPS) is 16.4. The predicted molar refractivity (Wildman–Crippen MR) is 75.3 cm³/mol. The number of hydrogen-bond donors (Lipinski definition) is 1. The first-order valence-corrected chi connectivity index (χ1v) is 7.40. The quantitative estimate of drug-likeness (QED) is 0.881. The van der Waals surface area contributed by atoms with Crippen LogP contribution in [0.5, 0.6) is 0 Å². The number of hydrogen-bond acceptors (Lipinski definition) is 4. The maximum atomic E-state index is 12.1. The summed E-state index contributed by atoms with van der Waals surface area (Å²) in [5, 5.41) is 4.70. The van der Waals surface area contributed by atoms with Gasteiger partial charge in [-0.3, -0.25) is 14.5 Å². The first-order chi connectivity index (χ1) is 9.20. The second-order valence-electron chi connectivity index (χ2n) is 4.50. The third-order valence-corrected chi connectivity index (χ3v) is 3.99. The molecule has 104 valence electrons. The Morgan fingerprint density at radius 3 is 2.63 bits per heavy atom. The largest absolute Gasteiger partial charge is 0.355 e. The molecule has 1 fully saturated rings. The van der Waals surface area contributed by atoms with Crippen LogP contribution in [-0.2, 0) is 4.79 Å². The molecule has 1 saturated heterocycles. The summed E-state index contributed by atoms with van der Waals surface area (Å²) in [4.78, 5) is 28.3. The average molecular weight is 281 g/mol. The second-order valence-corrected chi connectivity index (χ2v) is 5.45. The molecule has 0 aliphatic carbocycles. The smallest absolute Gasteiger partial charge is 0.264 e. The summed E-state index contributed by atoms with van der Waals surface area (Å²) in [7, 11) is 0. The van der Waals surface area contributed by atoms with Crippen LogP contribution in [0.2, 0.25) is 0 Å². The molecule has 19 heavy (non-hydrogen) atoms. The van der Waals surface area contributed by atoms with E-state index in [0.717, 1.165) is 18.0 Å². The van der Waals surface area contributed by atoms with Gasteiger partial charge in [0.05, 0.1) is 11.4 Å². The van der Waals surface area contributed by atoms with E-state index in [1.54, 1.807) is 0 Å². The van der Waals surface area contributed by atoms with Crippen molar-refractivity contribution in [2.45, 2.75) is 6.92 Å². The summed E-state index contributed by atoms with van der Waals surface area (Å²) >= 11 is 1.47. The van der Waals surface area contributed by atoms with Crippen molar-refractivity contribution < 1.29 is 9.59 Å². The van der Waals surface area contributed by atoms with Crippen molar-refractivity contribution in [1.82, 2.24) is 15.1 Å². The molecule has 1 aromatic heterocycles. The van der Waals surface area contributed by atoms with Gasteiger partial charge in [0.15, 0.2) is 0 Å². The zero-order valence-corrected chi connectivity index (χ0v) is 11.9. The molecule has 1 N–H and O–H groups in total. The highest BCUT2D eigenvalue weighted by molar-refractivity contribution is 7.12. The number of carbonyl (C=O) groups excluding carboxylic acids is 2. The summed E-state index contributed by atoms with van der Waals surface area (Å²) in [6.45, 7) is 5.90. The van der Waals surface area contributed by atoms with Crippen LogP contribution in [-0.4, -0.2) is 60.9 Å². The molecule has 0 unspecified atom stereocenters. The summed E-state index contributed by atoms with van der Waals surface area (Å²) in [5.41, 5.74) is 0. The van der Waals surface area contributed by atoms with Gasteiger partial charge in [-0.05, 0) is 18.4 Å². The van der Waals surface area contributed by atoms with Crippen LogP contribution in [0.1, 0.15) is 16.6 Å². The van der Waals surface area contributed by atoms with Gasteiger partial charge in [0, 0.05) is 32.7 Å². The van der Waals surface area contributed by atoms with E-state index < -0.39 is 0 Å². The Bertz CT molecular complexity index is 425. The molecule has 6 heteroatoms. The van der Waals surface area contributed by atoms with E-state index in [2.05, 4.69) is 10.2 Å². The van der Waals surface area contributed by atoms with E-state index in [1.807, 2.05) is 29.3 Å². The predicted octanol–water partition coefficient (Wildman–Crippen LogP) is 0.642. The molecule has 0 bridgehead atoms. The number of likely N-dealkylation sites (N-methyl/N-ethyl adjacent to an activating group) is 1. The minimum Gasteiger partial charge on any atom is -0.355 e. The molecule has 0 saturated carbocycles. The van der Waals surface area contributed by atoms with Gasteiger partial charge in [-0.25, -0.2) is 0 Å². The van der Waals surface area contributed by atoms with Crippen molar-refractivity contribution in [3.8, 4) is 0 Å². The minimum atomic E-state index is 0.0560. The zero-order valence-electron chi connectivity index (χ0n) is 11.1. The highest BCUT2D eigenvalue weighted by Crippen LogP contribution is 2.13. The molecule has 1 aliphatic rings. The fraction of sp³-hybridized carbons (Fsp3) is 0.538. The van der Waals surface area contributed by atoms with Crippen molar-refractivity contribution in [3.63, 3.8) is 0 Å². The molecule has 1 aliphatic heterocycles. The average Bonchev–Trinajstić information content (AvgIpc) is 2.93. The first-order valence-electron chi connectivity index (χ1n) is 6.52. The lowest BCUT2D eigenvalue weighted by atomic mass is 10.3.